The molecule has 30 heavy (non-hydrogen) atoms. The molecule has 2 heterocycles. The molecule has 0 unspecified atom stereocenters. The third-order valence-corrected chi connectivity index (χ3v) is 5.44. The Labute approximate surface area is 173 Å². The van der Waals surface area contributed by atoms with Crippen LogP contribution in [0.15, 0.2) is 23.0 Å². The van der Waals surface area contributed by atoms with Crippen LogP contribution in [-0.4, -0.2) is 50.7 Å². The summed E-state index contributed by atoms with van der Waals surface area (Å²) < 4.78 is 46.5. The second-order valence-electron chi connectivity index (χ2n) is 6.95. The molecule has 0 atom stereocenters. The van der Waals surface area contributed by atoms with E-state index >= 15 is 0 Å². The summed E-state index contributed by atoms with van der Waals surface area (Å²) in [4.78, 5) is 19.8. The Balaban J connectivity index is 0.000000396. The minimum Gasteiger partial charge on any atom is -0.481 e. The average molecular weight is 451 g/mol. The van der Waals surface area contributed by atoms with Crippen LogP contribution in [-0.2, 0) is 16.1 Å². The second-order valence-corrected chi connectivity index (χ2v) is 7.73. The molecule has 7 nitrogen and oxygen atoms in total. The zero-order valence-electron chi connectivity index (χ0n) is 15.7. The summed E-state index contributed by atoms with van der Waals surface area (Å²) in [5, 5.41) is 30.4. The number of hydrogen-bond acceptors (Lipinski definition) is 5. The van der Waals surface area contributed by atoms with E-state index in [0.717, 1.165) is 16.8 Å². The first kappa shape index (κ1) is 23.8. The van der Waals surface area contributed by atoms with Gasteiger partial charge in [-0.15, -0.1) is 0 Å². The van der Waals surface area contributed by atoms with Gasteiger partial charge in [0.2, 0.25) is 0 Å². The zero-order chi connectivity index (χ0) is 22.4. The first-order chi connectivity index (χ1) is 14.0. The molecule has 0 bridgehead atoms. The first-order valence-corrected chi connectivity index (χ1v) is 9.93. The standard InChI is InChI=1S/C16H20FN3O2S.C2HF3O2/c17-16(4-1-11(2-5-16)15(21)22)10-18-7-13-8-19-20-14(13)12-3-6-23-9-12;3-2(4,5)1(6)7/h3,6,8-9,11,18H,1-2,4-5,7,10H2,(H,19,20)(H,21,22);(H,6,7). The van der Waals surface area contributed by atoms with E-state index < -0.39 is 29.7 Å². The van der Waals surface area contributed by atoms with Crippen LogP contribution in [0.1, 0.15) is 31.2 Å². The minimum atomic E-state index is -5.08. The van der Waals surface area contributed by atoms with Crippen LogP contribution in [0.3, 0.4) is 0 Å². The number of alkyl halides is 4. The number of aliphatic carboxylic acids is 2. The van der Waals surface area contributed by atoms with Gasteiger partial charge in [-0.05, 0) is 37.1 Å². The highest BCUT2D eigenvalue weighted by Gasteiger charge is 2.38. The summed E-state index contributed by atoms with van der Waals surface area (Å²) in [5.41, 5.74) is 1.74. The Bertz CT molecular complexity index is 831. The predicted molar refractivity (Wildman–Crippen MR) is 101 cm³/mol. The van der Waals surface area contributed by atoms with E-state index in [2.05, 4.69) is 15.5 Å². The first-order valence-electron chi connectivity index (χ1n) is 8.99. The highest BCUT2D eigenvalue weighted by Crippen LogP contribution is 2.35. The number of hydrogen-bond donors (Lipinski definition) is 4. The molecular weight excluding hydrogens is 430 g/mol. The monoisotopic (exact) mass is 451 g/mol. The maximum Gasteiger partial charge on any atom is 0.490 e. The van der Waals surface area contributed by atoms with Gasteiger partial charge in [-0.1, -0.05) is 0 Å². The molecular formula is C18H21F4N3O4S. The van der Waals surface area contributed by atoms with Gasteiger partial charge in [-0.3, -0.25) is 9.89 Å². The van der Waals surface area contributed by atoms with Crippen LogP contribution < -0.4 is 5.32 Å². The Morgan fingerprint density at radius 2 is 1.93 bits per heavy atom. The second kappa shape index (κ2) is 10.0. The van der Waals surface area contributed by atoms with E-state index in [9.17, 15) is 22.4 Å². The molecule has 2 aromatic heterocycles. The van der Waals surface area contributed by atoms with Crippen molar-refractivity contribution in [1.29, 1.82) is 0 Å². The number of aromatic amines is 1. The summed E-state index contributed by atoms with van der Waals surface area (Å²) in [5.74, 6) is -3.95. The van der Waals surface area contributed by atoms with Crippen molar-refractivity contribution >= 4 is 23.3 Å². The smallest absolute Gasteiger partial charge is 0.481 e. The molecule has 12 heteroatoms. The van der Waals surface area contributed by atoms with E-state index in [1.165, 1.54) is 0 Å². The van der Waals surface area contributed by atoms with E-state index in [4.69, 9.17) is 15.0 Å². The SMILES string of the molecule is O=C(O)C(F)(F)F.O=C(O)C1CCC(F)(CNCc2cn[nH]c2-c2ccsc2)CC1. The number of nitrogens with zero attached hydrogens (tertiary/aromatic N) is 1. The number of thiophene rings is 1. The fourth-order valence-electron chi connectivity index (χ4n) is 3.08. The number of nitrogens with one attached hydrogen (secondary N) is 2. The van der Waals surface area contributed by atoms with Crippen LogP contribution in [0.5, 0.6) is 0 Å². The molecule has 166 valence electrons. The molecule has 1 aliphatic rings. The van der Waals surface area contributed by atoms with E-state index in [1.807, 2.05) is 16.8 Å². The van der Waals surface area contributed by atoms with Gasteiger partial charge in [-0.25, -0.2) is 9.18 Å². The van der Waals surface area contributed by atoms with E-state index in [-0.39, 0.29) is 6.54 Å². The number of carboxylic acids is 2. The van der Waals surface area contributed by atoms with Gasteiger partial charge in [0.05, 0.1) is 17.8 Å². The van der Waals surface area contributed by atoms with Gasteiger partial charge in [0.15, 0.2) is 0 Å². The van der Waals surface area contributed by atoms with Gasteiger partial charge in [0, 0.05) is 29.6 Å². The summed E-state index contributed by atoms with van der Waals surface area (Å²) in [6, 6.07) is 2.02. The number of carbonyl (C=O) groups is 2. The highest BCUT2D eigenvalue weighted by atomic mass is 32.1. The molecule has 0 aliphatic heterocycles. The third kappa shape index (κ3) is 6.80. The largest absolute Gasteiger partial charge is 0.490 e. The van der Waals surface area contributed by atoms with Crippen LogP contribution in [0.4, 0.5) is 17.6 Å². The Hall–Kier alpha value is -2.47. The van der Waals surface area contributed by atoms with Crippen molar-refractivity contribution < 1.29 is 37.4 Å². The Kier molecular flexibility index (Phi) is 7.96. The highest BCUT2D eigenvalue weighted by molar-refractivity contribution is 7.08. The lowest BCUT2D eigenvalue weighted by atomic mass is 9.80. The van der Waals surface area contributed by atoms with Crippen molar-refractivity contribution in [3.63, 3.8) is 0 Å². The fourth-order valence-corrected chi connectivity index (χ4v) is 3.73. The average Bonchev–Trinajstić information content (AvgIpc) is 3.33. The molecule has 0 spiro atoms. The quantitative estimate of drug-likeness (QED) is 0.496. The molecule has 0 amide bonds. The number of carboxylic acid groups (broad SMARTS) is 2. The van der Waals surface area contributed by atoms with Crippen LogP contribution in [0, 0.1) is 5.92 Å². The molecule has 4 N–H and O–H groups in total. The van der Waals surface area contributed by atoms with Crippen LogP contribution >= 0.6 is 11.3 Å². The van der Waals surface area contributed by atoms with Crippen molar-refractivity contribution in [2.75, 3.05) is 6.54 Å². The number of rotatable bonds is 6. The van der Waals surface area contributed by atoms with Crippen molar-refractivity contribution in [3.05, 3.63) is 28.6 Å². The van der Waals surface area contributed by atoms with E-state index in [1.54, 1.807) is 17.5 Å². The lowest BCUT2D eigenvalue weighted by molar-refractivity contribution is -0.192. The summed E-state index contributed by atoms with van der Waals surface area (Å²) in [6.45, 7) is 0.781. The lowest BCUT2D eigenvalue weighted by Crippen LogP contribution is -2.40. The molecule has 0 radical (unpaired) electrons. The molecule has 1 fully saturated rings. The topological polar surface area (TPSA) is 115 Å². The van der Waals surface area contributed by atoms with Gasteiger partial charge in [0.1, 0.15) is 5.67 Å². The van der Waals surface area contributed by atoms with E-state index in [0.29, 0.717) is 32.2 Å². The Morgan fingerprint density at radius 3 is 2.43 bits per heavy atom. The summed E-state index contributed by atoms with van der Waals surface area (Å²) in [7, 11) is 0. The van der Waals surface area contributed by atoms with Crippen molar-refractivity contribution in [2.24, 2.45) is 5.92 Å². The normalized spacial score (nSPS) is 21.5. The maximum absolute atomic E-state index is 14.7. The molecule has 0 aromatic carbocycles. The minimum absolute atomic E-state index is 0.244. The number of halogens is 4. The maximum atomic E-state index is 14.7. The van der Waals surface area contributed by atoms with Gasteiger partial charge >= 0.3 is 18.1 Å². The lowest BCUT2D eigenvalue weighted by Gasteiger charge is -2.32. The molecule has 1 aliphatic carbocycles. The zero-order valence-corrected chi connectivity index (χ0v) is 16.5. The number of aromatic nitrogens is 2. The predicted octanol–water partition coefficient (Wildman–Crippen LogP) is 3.84. The molecule has 1 saturated carbocycles. The van der Waals surface area contributed by atoms with Crippen LogP contribution in [0.2, 0.25) is 0 Å². The molecule has 3 rings (SSSR count). The van der Waals surface area contributed by atoms with Gasteiger partial charge < -0.3 is 15.5 Å². The molecule has 0 saturated heterocycles. The van der Waals surface area contributed by atoms with Crippen molar-refractivity contribution in [3.8, 4) is 11.3 Å². The van der Waals surface area contributed by atoms with Crippen LogP contribution in [0.25, 0.3) is 11.3 Å². The van der Waals surface area contributed by atoms with Gasteiger partial charge in [-0.2, -0.15) is 29.6 Å². The van der Waals surface area contributed by atoms with Crippen molar-refractivity contribution in [1.82, 2.24) is 15.5 Å². The Morgan fingerprint density at radius 1 is 1.30 bits per heavy atom. The van der Waals surface area contributed by atoms with Gasteiger partial charge in [0.25, 0.3) is 0 Å². The number of H-pyrrole nitrogens is 1. The summed E-state index contributed by atoms with van der Waals surface area (Å²) >= 11 is 1.62. The molecule has 2 aromatic rings. The summed E-state index contributed by atoms with van der Waals surface area (Å²) in [6.07, 6.45) is -1.88. The third-order valence-electron chi connectivity index (χ3n) is 4.76. The fraction of sp³-hybridized carbons (Fsp3) is 0.500. The van der Waals surface area contributed by atoms with Crippen molar-refractivity contribution in [2.45, 2.75) is 44.1 Å².